The third-order valence-electron chi connectivity index (χ3n) is 3.36. The summed E-state index contributed by atoms with van der Waals surface area (Å²) in [6.45, 7) is 5.71. The number of hydrogen-bond donors (Lipinski definition) is 1. The number of carbonyl (C=O) groups is 1. The number of thiophene rings is 1. The van der Waals surface area contributed by atoms with E-state index in [1.165, 1.54) is 24.2 Å². The van der Waals surface area contributed by atoms with Crippen molar-refractivity contribution in [3.05, 3.63) is 21.3 Å². The Bertz CT molecular complexity index is 401. The summed E-state index contributed by atoms with van der Waals surface area (Å²) in [5.74, 6) is 0.643. The third-order valence-corrected chi connectivity index (χ3v) is 4.69. The molecule has 0 bridgehead atoms. The monoisotopic (exact) mass is 286 g/mol. The summed E-state index contributed by atoms with van der Waals surface area (Å²) < 4.78 is 0. The molecule has 0 spiro atoms. The zero-order valence-electron chi connectivity index (χ0n) is 10.6. The summed E-state index contributed by atoms with van der Waals surface area (Å²) in [5, 5.41) is 5.83. The van der Waals surface area contributed by atoms with E-state index >= 15 is 0 Å². The highest BCUT2D eigenvalue weighted by Crippen LogP contribution is 2.24. The molecule has 1 aliphatic heterocycles. The Morgan fingerprint density at radius 3 is 3.06 bits per heavy atom. The van der Waals surface area contributed by atoms with Crippen LogP contribution in [0.4, 0.5) is 0 Å². The average molecular weight is 287 g/mol. The zero-order valence-corrected chi connectivity index (χ0v) is 12.2. The normalized spacial score (nSPS) is 19.8. The minimum atomic E-state index is 0.0723. The van der Waals surface area contributed by atoms with Gasteiger partial charge in [-0.05, 0) is 50.2 Å². The molecule has 18 heavy (non-hydrogen) atoms. The van der Waals surface area contributed by atoms with Crippen LogP contribution in [-0.2, 0) is 0 Å². The number of halogens is 1. The highest BCUT2D eigenvalue weighted by atomic mass is 35.5. The molecule has 1 fully saturated rings. The van der Waals surface area contributed by atoms with Crippen molar-refractivity contribution in [2.45, 2.75) is 19.8 Å². The Labute approximate surface area is 117 Å². The van der Waals surface area contributed by atoms with E-state index in [2.05, 4.69) is 5.32 Å². The maximum atomic E-state index is 12.4. The van der Waals surface area contributed by atoms with Crippen molar-refractivity contribution in [3.8, 4) is 0 Å². The molecular formula is C13H19ClN2OS. The maximum Gasteiger partial charge on any atom is 0.265 e. The number of nitrogens with zero attached hydrogens (tertiary/aromatic N) is 1. The van der Waals surface area contributed by atoms with E-state index in [1.54, 1.807) is 6.07 Å². The highest BCUT2D eigenvalue weighted by molar-refractivity contribution is 7.12. The number of hydrogen-bond acceptors (Lipinski definition) is 3. The first-order valence-electron chi connectivity index (χ1n) is 6.45. The van der Waals surface area contributed by atoms with Gasteiger partial charge < -0.3 is 10.2 Å². The first kappa shape index (κ1) is 13.8. The summed E-state index contributed by atoms with van der Waals surface area (Å²) in [6, 6.07) is 1.79. The predicted molar refractivity (Wildman–Crippen MR) is 76.5 cm³/mol. The Kier molecular flexibility index (Phi) is 5.03. The lowest BCUT2D eigenvalue weighted by Crippen LogP contribution is -2.40. The zero-order chi connectivity index (χ0) is 13.0. The molecule has 0 saturated carbocycles. The van der Waals surface area contributed by atoms with E-state index in [9.17, 15) is 4.79 Å². The van der Waals surface area contributed by atoms with Gasteiger partial charge in [0.05, 0.1) is 5.02 Å². The first-order valence-corrected chi connectivity index (χ1v) is 7.71. The van der Waals surface area contributed by atoms with Gasteiger partial charge in [0.2, 0.25) is 0 Å². The van der Waals surface area contributed by atoms with E-state index in [0.717, 1.165) is 26.2 Å². The molecule has 0 aromatic carbocycles. The molecule has 100 valence electrons. The van der Waals surface area contributed by atoms with Crippen molar-refractivity contribution in [2.24, 2.45) is 5.92 Å². The van der Waals surface area contributed by atoms with Crippen molar-refractivity contribution in [1.29, 1.82) is 0 Å². The van der Waals surface area contributed by atoms with Crippen LogP contribution in [0.5, 0.6) is 0 Å². The van der Waals surface area contributed by atoms with E-state index < -0.39 is 0 Å². The lowest BCUT2D eigenvalue weighted by atomic mass is 9.99. The average Bonchev–Trinajstić information content (AvgIpc) is 2.82. The van der Waals surface area contributed by atoms with Crippen LogP contribution >= 0.6 is 22.9 Å². The Morgan fingerprint density at radius 1 is 1.67 bits per heavy atom. The Hall–Kier alpha value is -0.580. The van der Waals surface area contributed by atoms with Crippen LogP contribution in [0.1, 0.15) is 29.4 Å². The van der Waals surface area contributed by atoms with E-state index in [1.807, 2.05) is 17.2 Å². The smallest absolute Gasteiger partial charge is 0.265 e. The Balaban J connectivity index is 1.99. The molecule has 1 aliphatic rings. The van der Waals surface area contributed by atoms with Crippen molar-refractivity contribution in [1.82, 2.24) is 10.2 Å². The van der Waals surface area contributed by atoms with Gasteiger partial charge in [0.1, 0.15) is 4.88 Å². The van der Waals surface area contributed by atoms with Gasteiger partial charge in [-0.1, -0.05) is 11.6 Å². The van der Waals surface area contributed by atoms with Crippen molar-refractivity contribution >= 4 is 28.8 Å². The largest absolute Gasteiger partial charge is 0.338 e. The lowest BCUT2D eigenvalue weighted by molar-refractivity contribution is 0.0734. The van der Waals surface area contributed by atoms with Gasteiger partial charge in [0, 0.05) is 13.1 Å². The molecule has 0 aliphatic carbocycles. The molecule has 1 N–H and O–H groups in total. The van der Waals surface area contributed by atoms with Crippen molar-refractivity contribution < 1.29 is 4.79 Å². The fourth-order valence-electron chi connectivity index (χ4n) is 2.34. The number of piperidine rings is 1. The summed E-state index contributed by atoms with van der Waals surface area (Å²) in [5.41, 5.74) is 0. The molecule has 1 atom stereocenters. The summed E-state index contributed by atoms with van der Waals surface area (Å²) >= 11 is 7.45. The van der Waals surface area contributed by atoms with Crippen LogP contribution in [0.15, 0.2) is 11.4 Å². The van der Waals surface area contributed by atoms with Crippen LogP contribution in [0.25, 0.3) is 0 Å². The fraction of sp³-hybridized carbons (Fsp3) is 0.615. The van der Waals surface area contributed by atoms with Crippen molar-refractivity contribution in [2.75, 3.05) is 26.2 Å². The van der Waals surface area contributed by atoms with Gasteiger partial charge in [-0.3, -0.25) is 4.79 Å². The van der Waals surface area contributed by atoms with E-state index in [4.69, 9.17) is 11.6 Å². The SMILES string of the molecule is CCN(CC1CCCNC1)C(=O)c1sccc1Cl. The fourth-order valence-corrected chi connectivity index (χ4v) is 3.44. The van der Waals surface area contributed by atoms with Crippen molar-refractivity contribution in [3.63, 3.8) is 0 Å². The number of rotatable bonds is 4. The number of nitrogens with one attached hydrogen (secondary N) is 1. The molecular weight excluding hydrogens is 268 g/mol. The van der Waals surface area contributed by atoms with Gasteiger partial charge in [0.25, 0.3) is 5.91 Å². The second kappa shape index (κ2) is 6.55. The standard InChI is InChI=1S/C13H19ClN2OS/c1-2-16(9-10-4-3-6-15-8-10)13(17)12-11(14)5-7-18-12/h5,7,10,15H,2-4,6,8-9H2,1H3. The molecule has 1 saturated heterocycles. The molecule has 0 radical (unpaired) electrons. The summed E-state index contributed by atoms with van der Waals surface area (Å²) in [7, 11) is 0. The number of carbonyl (C=O) groups excluding carboxylic acids is 1. The van der Waals surface area contributed by atoms with Crippen LogP contribution in [0.2, 0.25) is 5.02 Å². The van der Waals surface area contributed by atoms with Gasteiger partial charge in [-0.25, -0.2) is 0 Å². The van der Waals surface area contributed by atoms with E-state index in [-0.39, 0.29) is 5.91 Å². The topological polar surface area (TPSA) is 32.3 Å². The molecule has 2 rings (SSSR count). The highest BCUT2D eigenvalue weighted by Gasteiger charge is 2.22. The molecule has 1 aromatic heterocycles. The number of amides is 1. The quantitative estimate of drug-likeness (QED) is 0.923. The summed E-state index contributed by atoms with van der Waals surface area (Å²) in [4.78, 5) is 14.9. The minimum Gasteiger partial charge on any atom is -0.338 e. The molecule has 2 heterocycles. The van der Waals surface area contributed by atoms with Crippen LogP contribution in [0.3, 0.4) is 0 Å². The minimum absolute atomic E-state index is 0.0723. The van der Waals surface area contributed by atoms with Crippen LogP contribution < -0.4 is 5.32 Å². The maximum absolute atomic E-state index is 12.4. The molecule has 3 nitrogen and oxygen atoms in total. The van der Waals surface area contributed by atoms with Gasteiger partial charge >= 0.3 is 0 Å². The van der Waals surface area contributed by atoms with Crippen LogP contribution in [-0.4, -0.2) is 37.0 Å². The lowest BCUT2D eigenvalue weighted by Gasteiger charge is -2.29. The third kappa shape index (κ3) is 3.25. The summed E-state index contributed by atoms with van der Waals surface area (Å²) in [6.07, 6.45) is 2.41. The molecule has 1 amide bonds. The molecule has 5 heteroatoms. The van der Waals surface area contributed by atoms with Gasteiger partial charge in [0.15, 0.2) is 0 Å². The second-order valence-corrected chi connectivity index (χ2v) is 5.98. The molecule has 1 unspecified atom stereocenters. The van der Waals surface area contributed by atoms with Gasteiger partial charge in [-0.15, -0.1) is 11.3 Å². The van der Waals surface area contributed by atoms with E-state index in [0.29, 0.717) is 15.8 Å². The van der Waals surface area contributed by atoms with Crippen LogP contribution in [0, 0.1) is 5.92 Å². The predicted octanol–water partition coefficient (Wildman–Crippen LogP) is 2.86. The van der Waals surface area contributed by atoms with Gasteiger partial charge in [-0.2, -0.15) is 0 Å². The second-order valence-electron chi connectivity index (χ2n) is 4.65. The first-order chi connectivity index (χ1) is 8.72. The molecule has 1 aromatic rings. The Morgan fingerprint density at radius 2 is 2.50 bits per heavy atom.